The highest BCUT2D eigenvalue weighted by Crippen LogP contribution is 2.39. The third kappa shape index (κ3) is 3.90. The summed E-state index contributed by atoms with van der Waals surface area (Å²) in [4.78, 5) is 0. The molecule has 1 aliphatic rings. The van der Waals surface area contributed by atoms with Crippen LogP contribution in [-0.4, -0.2) is 10.7 Å². The minimum absolute atomic E-state index is 0.126. The van der Waals surface area contributed by atoms with Gasteiger partial charge in [-0.05, 0) is 62.8 Å². The average molecular weight is 405 g/mol. The van der Waals surface area contributed by atoms with Gasteiger partial charge in [0, 0.05) is 22.1 Å². The van der Waals surface area contributed by atoms with E-state index in [1.54, 1.807) is 0 Å². The molecule has 1 unspecified atom stereocenters. The van der Waals surface area contributed by atoms with Crippen molar-refractivity contribution < 1.29 is 4.74 Å². The number of ether oxygens (including phenoxy) is 1. The van der Waals surface area contributed by atoms with Gasteiger partial charge in [0.1, 0.15) is 11.4 Å². The number of fused-ring (bicyclic) bond motifs is 1. The summed E-state index contributed by atoms with van der Waals surface area (Å²) in [5, 5.41) is 7.34. The molecule has 0 fully saturated rings. The minimum Gasteiger partial charge on any atom is -0.487 e. The molecule has 5 heteroatoms. The van der Waals surface area contributed by atoms with Crippen molar-refractivity contribution in [2.75, 3.05) is 5.32 Å². The van der Waals surface area contributed by atoms with Crippen LogP contribution in [0.5, 0.6) is 5.75 Å². The number of hydrogen-bond donors (Lipinski definition) is 2. The molecule has 0 spiro atoms. The van der Waals surface area contributed by atoms with Gasteiger partial charge in [-0.15, -0.1) is 0 Å². The second-order valence-electron chi connectivity index (χ2n) is 6.72. The zero-order valence-corrected chi connectivity index (χ0v) is 16.4. The SMILES string of the molecule is Cc1cc(NC(=S)NC2CC(C)(C)Oc3ccccc32)ccc1Br. The summed E-state index contributed by atoms with van der Waals surface area (Å²) in [6, 6.07) is 14.4. The summed E-state index contributed by atoms with van der Waals surface area (Å²) in [5.74, 6) is 0.925. The molecule has 2 N–H and O–H groups in total. The Hall–Kier alpha value is -1.59. The first kappa shape index (κ1) is 17.2. The molecule has 24 heavy (non-hydrogen) atoms. The lowest BCUT2D eigenvalue weighted by Crippen LogP contribution is -2.42. The largest absolute Gasteiger partial charge is 0.487 e. The minimum atomic E-state index is -0.226. The highest BCUT2D eigenvalue weighted by Gasteiger charge is 2.33. The number of nitrogens with one attached hydrogen (secondary N) is 2. The molecule has 0 aromatic heterocycles. The number of thiocarbonyl (C=S) groups is 1. The van der Waals surface area contributed by atoms with Crippen LogP contribution >= 0.6 is 28.1 Å². The Kier molecular flexibility index (Phi) is 4.83. The van der Waals surface area contributed by atoms with E-state index in [4.69, 9.17) is 17.0 Å². The maximum Gasteiger partial charge on any atom is 0.171 e. The Labute approximate surface area is 156 Å². The monoisotopic (exact) mass is 404 g/mol. The first-order chi connectivity index (χ1) is 11.3. The summed E-state index contributed by atoms with van der Waals surface area (Å²) in [5.41, 5.74) is 3.07. The fourth-order valence-electron chi connectivity index (χ4n) is 2.98. The van der Waals surface area contributed by atoms with Gasteiger partial charge in [0.05, 0.1) is 6.04 Å². The van der Waals surface area contributed by atoms with Crippen molar-refractivity contribution in [1.29, 1.82) is 0 Å². The Bertz CT molecular complexity index is 776. The van der Waals surface area contributed by atoms with Crippen LogP contribution in [-0.2, 0) is 0 Å². The van der Waals surface area contributed by atoms with E-state index < -0.39 is 0 Å². The van der Waals surface area contributed by atoms with Crippen molar-refractivity contribution in [3.8, 4) is 5.75 Å². The molecule has 0 saturated heterocycles. The van der Waals surface area contributed by atoms with Crippen LogP contribution in [0, 0.1) is 6.92 Å². The highest BCUT2D eigenvalue weighted by molar-refractivity contribution is 9.10. The van der Waals surface area contributed by atoms with Gasteiger partial charge in [-0.2, -0.15) is 0 Å². The smallest absolute Gasteiger partial charge is 0.171 e. The quantitative estimate of drug-likeness (QED) is 0.661. The lowest BCUT2D eigenvalue weighted by Gasteiger charge is -2.38. The Balaban J connectivity index is 1.75. The molecule has 0 aliphatic carbocycles. The normalized spacial score (nSPS) is 18.2. The van der Waals surface area contributed by atoms with E-state index in [0.29, 0.717) is 5.11 Å². The fourth-order valence-corrected chi connectivity index (χ4v) is 3.49. The summed E-state index contributed by atoms with van der Waals surface area (Å²) in [7, 11) is 0. The molecule has 0 radical (unpaired) electrons. The molecule has 1 aliphatic heterocycles. The average Bonchev–Trinajstić information content (AvgIpc) is 2.50. The Morgan fingerprint density at radius 1 is 1.25 bits per heavy atom. The molecule has 126 valence electrons. The maximum atomic E-state index is 6.07. The second kappa shape index (κ2) is 6.73. The number of halogens is 1. The van der Waals surface area contributed by atoms with Crippen LogP contribution in [0.2, 0.25) is 0 Å². The fraction of sp³-hybridized carbons (Fsp3) is 0.316. The number of benzene rings is 2. The number of para-hydroxylation sites is 1. The lowest BCUT2D eigenvalue weighted by atomic mass is 9.90. The van der Waals surface area contributed by atoms with E-state index >= 15 is 0 Å². The molecule has 1 heterocycles. The van der Waals surface area contributed by atoms with Gasteiger partial charge in [-0.3, -0.25) is 0 Å². The first-order valence-corrected chi connectivity index (χ1v) is 9.16. The summed E-state index contributed by atoms with van der Waals surface area (Å²) < 4.78 is 7.16. The van der Waals surface area contributed by atoms with Crippen LogP contribution in [0.25, 0.3) is 0 Å². The molecule has 3 nitrogen and oxygen atoms in total. The van der Waals surface area contributed by atoms with Gasteiger partial charge >= 0.3 is 0 Å². The van der Waals surface area contributed by atoms with Gasteiger partial charge in [-0.1, -0.05) is 34.1 Å². The van der Waals surface area contributed by atoms with Crippen LogP contribution in [0.4, 0.5) is 5.69 Å². The highest BCUT2D eigenvalue weighted by atomic mass is 79.9. The Morgan fingerprint density at radius 2 is 2.00 bits per heavy atom. The number of rotatable bonds is 2. The topological polar surface area (TPSA) is 33.3 Å². The van der Waals surface area contributed by atoms with Crippen molar-refractivity contribution in [2.45, 2.75) is 38.8 Å². The summed E-state index contributed by atoms with van der Waals surface area (Å²) in [6.45, 7) is 6.27. The van der Waals surface area contributed by atoms with Crippen molar-refractivity contribution >= 4 is 38.9 Å². The zero-order chi connectivity index (χ0) is 17.3. The number of anilines is 1. The molecule has 2 aromatic rings. The first-order valence-electron chi connectivity index (χ1n) is 7.96. The molecule has 1 atom stereocenters. The molecular formula is C19H21BrN2OS. The molecule has 2 aromatic carbocycles. The summed E-state index contributed by atoms with van der Waals surface area (Å²) >= 11 is 9.04. The van der Waals surface area contributed by atoms with Crippen molar-refractivity contribution in [3.63, 3.8) is 0 Å². The van der Waals surface area contributed by atoms with Crippen LogP contribution in [0.1, 0.15) is 37.4 Å². The molecule has 3 rings (SSSR count). The Morgan fingerprint density at radius 3 is 2.75 bits per heavy atom. The standard InChI is InChI=1S/C19H21BrN2OS/c1-12-10-13(8-9-15(12)20)21-18(24)22-16-11-19(2,3)23-17-7-5-4-6-14(16)17/h4-10,16H,11H2,1-3H3,(H2,21,22,24). The van der Waals surface area contributed by atoms with Crippen LogP contribution in [0.3, 0.4) is 0 Å². The van der Waals surface area contributed by atoms with E-state index in [2.05, 4.69) is 59.5 Å². The predicted molar refractivity (Wildman–Crippen MR) is 107 cm³/mol. The third-order valence-electron chi connectivity index (χ3n) is 4.10. The van der Waals surface area contributed by atoms with Gasteiger partial charge in [0.2, 0.25) is 0 Å². The maximum absolute atomic E-state index is 6.07. The molecule has 0 amide bonds. The van der Waals surface area contributed by atoms with Gasteiger partial charge in [-0.25, -0.2) is 0 Å². The molecule has 0 bridgehead atoms. The number of hydrogen-bond acceptors (Lipinski definition) is 2. The zero-order valence-electron chi connectivity index (χ0n) is 14.0. The van der Waals surface area contributed by atoms with Gasteiger partial charge < -0.3 is 15.4 Å². The van der Waals surface area contributed by atoms with Gasteiger partial charge in [0.15, 0.2) is 5.11 Å². The molecule has 0 saturated carbocycles. The van der Waals surface area contributed by atoms with E-state index in [-0.39, 0.29) is 11.6 Å². The van der Waals surface area contributed by atoms with Crippen molar-refractivity contribution in [3.05, 3.63) is 58.1 Å². The van der Waals surface area contributed by atoms with Gasteiger partial charge in [0.25, 0.3) is 0 Å². The third-order valence-corrected chi connectivity index (χ3v) is 5.21. The number of aryl methyl sites for hydroxylation is 1. The van der Waals surface area contributed by atoms with E-state index in [0.717, 1.165) is 27.9 Å². The van der Waals surface area contributed by atoms with Crippen LogP contribution < -0.4 is 15.4 Å². The second-order valence-corrected chi connectivity index (χ2v) is 7.98. The van der Waals surface area contributed by atoms with Crippen molar-refractivity contribution in [2.24, 2.45) is 0 Å². The van der Waals surface area contributed by atoms with Crippen LogP contribution in [0.15, 0.2) is 46.9 Å². The van der Waals surface area contributed by atoms with Crippen molar-refractivity contribution in [1.82, 2.24) is 5.32 Å². The molecular weight excluding hydrogens is 384 g/mol. The predicted octanol–water partition coefficient (Wildman–Crippen LogP) is 5.35. The lowest BCUT2D eigenvalue weighted by molar-refractivity contribution is 0.0697. The van der Waals surface area contributed by atoms with E-state index in [1.165, 1.54) is 5.56 Å². The summed E-state index contributed by atoms with van der Waals surface area (Å²) in [6.07, 6.45) is 0.852. The van der Waals surface area contributed by atoms with E-state index in [9.17, 15) is 0 Å². The van der Waals surface area contributed by atoms with E-state index in [1.807, 2.05) is 30.3 Å².